The number of hydrogen-bond acceptors (Lipinski definition) is 1. The third-order valence-electron chi connectivity index (χ3n) is 4.14. The summed E-state index contributed by atoms with van der Waals surface area (Å²) in [5.74, 6) is 0.156. The van der Waals surface area contributed by atoms with Crippen molar-refractivity contribution in [3.63, 3.8) is 0 Å². The van der Waals surface area contributed by atoms with E-state index in [2.05, 4.69) is 0 Å². The van der Waals surface area contributed by atoms with Crippen molar-refractivity contribution < 1.29 is 4.39 Å². The van der Waals surface area contributed by atoms with Crippen LogP contribution in [0.15, 0.2) is 24.3 Å². The van der Waals surface area contributed by atoms with Crippen molar-refractivity contribution in [2.45, 2.75) is 51.2 Å². The third-order valence-corrected chi connectivity index (χ3v) is 4.14. The summed E-state index contributed by atoms with van der Waals surface area (Å²) in [4.78, 5) is 0. The van der Waals surface area contributed by atoms with E-state index in [1.54, 1.807) is 6.92 Å². The van der Waals surface area contributed by atoms with Gasteiger partial charge in [-0.25, -0.2) is 4.39 Å². The number of rotatable bonds is 3. The molecule has 0 spiro atoms. The van der Waals surface area contributed by atoms with Crippen LogP contribution in [-0.4, -0.2) is 0 Å². The Morgan fingerprint density at radius 2 is 1.88 bits per heavy atom. The minimum Gasteiger partial charge on any atom is -0.326 e. The topological polar surface area (TPSA) is 26.0 Å². The zero-order valence-electron chi connectivity index (χ0n) is 10.6. The van der Waals surface area contributed by atoms with Crippen LogP contribution >= 0.6 is 0 Å². The highest BCUT2D eigenvalue weighted by Crippen LogP contribution is 2.43. The molecule has 0 heterocycles. The van der Waals surface area contributed by atoms with Crippen molar-refractivity contribution in [3.05, 3.63) is 35.4 Å². The van der Waals surface area contributed by atoms with Crippen molar-refractivity contribution in [2.75, 3.05) is 0 Å². The first-order valence-corrected chi connectivity index (χ1v) is 6.63. The Kier molecular flexibility index (Phi) is 3.82. The molecule has 0 aliphatic heterocycles. The van der Waals surface area contributed by atoms with Gasteiger partial charge in [0.25, 0.3) is 0 Å². The monoisotopic (exact) mass is 235 g/mol. The second-order valence-corrected chi connectivity index (χ2v) is 5.27. The molecule has 1 aromatic carbocycles. The molecular weight excluding hydrogens is 213 g/mol. The summed E-state index contributed by atoms with van der Waals surface area (Å²) in [7, 11) is 0. The number of halogens is 1. The van der Waals surface area contributed by atoms with E-state index < -0.39 is 5.67 Å². The standard InChI is InChI=1S/C15H22FN/c1-15(16,13-8-3-2-4-9-13)14-10-6-5-7-12(14)11-17/h5-7,10,13H,2-4,8-9,11,17H2,1H3. The molecule has 2 N–H and O–H groups in total. The number of alkyl halides is 1. The van der Waals surface area contributed by atoms with Gasteiger partial charge in [0.2, 0.25) is 0 Å². The van der Waals surface area contributed by atoms with Gasteiger partial charge in [0.1, 0.15) is 5.67 Å². The van der Waals surface area contributed by atoms with E-state index in [-0.39, 0.29) is 5.92 Å². The van der Waals surface area contributed by atoms with Crippen LogP contribution in [0.3, 0.4) is 0 Å². The molecule has 1 fully saturated rings. The lowest BCUT2D eigenvalue weighted by Gasteiger charge is -2.35. The van der Waals surface area contributed by atoms with Crippen LogP contribution in [-0.2, 0) is 12.2 Å². The summed E-state index contributed by atoms with van der Waals surface area (Å²) < 4.78 is 15.1. The highest BCUT2D eigenvalue weighted by atomic mass is 19.1. The highest BCUT2D eigenvalue weighted by Gasteiger charge is 2.37. The summed E-state index contributed by atoms with van der Waals surface area (Å²) >= 11 is 0. The summed E-state index contributed by atoms with van der Waals surface area (Å²) in [6.07, 6.45) is 5.59. The van der Waals surface area contributed by atoms with Gasteiger partial charge in [0.15, 0.2) is 0 Å². The van der Waals surface area contributed by atoms with E-state index >= 15 is 4.39 Å². The molecule has 1 aliphatic carbocycles. The van der Waals surface area contributed by atoms with Crippen LogP contribution in [0, 0.1) is 5.92 Å². The first kappa shape index (κ1) is 12.6. The first-order chi connectivity index (χ1) is 8.16. The van der Waals surface area contributed by atoms with Gasteiger partial charge >= 0.3 is 0 Å². The third kappa shape index (κ3) is 2.52. The van der Waals surface area contributed by atoms with Crippen LogP contribution < -0.4 is 5.73 Å². The summed E-state index contributed by atoms with van der Waals surface area (Å²) in [5, 5.41) is 0. The molecule has 0 aromatic heterocycles. The van der Waals surface area contributed by atoms with Crippen molar-refractivity contribution in [1.29, 1.82) is 0 Å². The predicted octanol–water partition coefficient (Wildman–Crippen LogP) is 3.91. The Bertz CT molecular complexity index is 367. The molecule has 94 valence electrons. The predicted molar refractivity (Wildman–Crippen MR) is 69.4 cm³/mol. The molecule has 1 aromatic rings. The molecule has 1 atom stereocenters. The number of benzene rings is 1. The molecule has 0 saturated heterocycles. The first-order valence-electron chi connectivity index (χ1n) is 6.63. The van der Waals surface area contributed by atoms with E-state index in [0.717, 1.165) is 36.8 Å². The maximum atomic E-state index is 15.1. The quantitative estimate of drug-likeness (QED) is 0.844. The molecule has 0 radical (unpaired) electrons. The van der Waals surface area contributed by atoms with Gasteiger partial charge in [-0.1, -0.05) is 43.5 Å². The summed E-state index contributed by atoms with van der Waals surface area (Å²) in [6.45, 7) is 2.15. The van der Waals surface area contributed by atoms with Gasteiger partial charge < -0.3 is 5.73 Å². The Balaban J connectivity index is 2.29. The highest BCUT2D eigenvalue weighted by molar-refractivity contribution is 5.32. The van der Waals surface area contributed by atoms with Crippen molar-refractivity contribution in [1.82, 2.24) is 0 Å². The van der Waals surface area contributed by atoms with E-state index in [4.69, 9.17) is 5.73 Å². The summed E-state index contributed by atoms with van der Waals surface area (Å²) in [6, 6.07) is 7.69. The zero-order valence-corrected chi connectivity index (χ0v) is 10.6. The lowest BCUT2D eigenvalue weighted by atomic mass is 9.74. The molecule has 0 bridgehead atoms. The van der Waals surface area contributed by atoms with E-state index in [1.165, 1.54) is 6.42 Å². The largest absolute Gasteiger partial charge is 0.326 e. The van der Waals surface area contributed by atoms with Crippen LogP contribution in [0.1, 0.15) is 50.2 Å². The Morgan fingerprint density at radius 1 is 1.24 bits per heavy atom. The SMILES string of the molecule is CC(F)(c1ccccc1CN)C1CCCCC1. The van der Waals surface area contributed by atoms with Gasteiger partial charge in [-0.15, -0.1) is 0 Å². The second-order valence-electron chi connectivity index (χ2n) is 5.27. The molecule has 1 unspecified atom stereocenters. The van der Waals surface area contributed by atoms with E-state index in [0.29, 0.717) is 6.54 Å². The minimum atomic E-state index is -1.23. The van der Waals surface area contributed by atoms with Crippen LogP contribution in [0.2, 0.25) is 0 Å². The normalized spacial score (nSPS) is 21.1. The number of nitrogens with two attached hydrogens (primary N) is 1. The van der Waals surface area contributed by atoms with Crippen molar-refractivity contribution in [3.8, 4) is 0 Å². The lowest BCUT2D eigenvalue weighted by molar-refractivity contribution is 0.0717. The molecule has 1 saturated carbocycles. The van der Waals surface area contributed by atoms with Gasteiger partial charge in [-0.05, 0) is 36.8 Å². The van der Waals surface area contributed by atoms with Gasteiger partial charge in [0.05, 0.1) is 0 Å². The minimum absolute atomic E-state index is 0.156. The van der Waals surface area contributed by atoms with Gasteiger partial charge in [0, 0.05) is 6.54 Å². The molecule has 1 nitrogen and oxygen atoms in total. The maximum Gasteiger partial charge on any atom is 0.136 e. The maximum absolute atomic E-state index is 15.1. The van der Waals surface area contributed by atoms with Gasteiger partial charge in [-0.2, -0.15) is 0 Å². The average Bonchev–Trinajstić information content (AvgIpc) is 2.39. The van der Waals surface area contributed by atoms with Crippen LogP contribution in [0.4, 0.5) is 4.39 Å². The summed E-state index contributed by atoms with van der Waals surface area (Å²) in [5.41, 5.74) is 6.23. The smallest absolute Gasteiger partial charge is 0.136 e. The Labute approximate surface area is 103 Å². The second kappa shape index (κ2) is 5.18. The Hall–Kier alpha value is -0.890. The molecule has 2 heteroatoms. The molecular formula is C15H22FN. The average molecular weight is 235 g/mol. The molecule has 2 rings (SSSR count). The van der Waals surface area contributed by atoms with E-state index in [9.17, 15) is 0 Å². The van der Waals surface area contributed by atoms with Crippen molar-refractivity contribution in [2.24, 2.45) is 11.7 Å². The zero-order chi connectivity index (χ0) is 12.3. The van der Waals surface area contributed by atoms with Gasteiger partial charge in [-0.3, -0.25) is 0 Å². The Morgan fingerprint density at radius 3 is 2.53 bits per heavy atom. The molecule has 0 amide bonds. The van der Waals surface area contributed by atoms with Crippen LogP contribution in [0.5, 0.6) is 0 Å². The fraction of sp³-hybridized carbons (Fsp3) is 0.600. The number of hydrogen-bond donors (Lipinski definition) is 1. The van der Waals surface area contributed by atoms with E-state index in [1.807, 2.05) is 24.3 Å². The fourth-order valence-corrected chi connectivity index (χ4v) is 3.04. The molecule has 17 heavy (non-hydrogen) atoms. The van der Waals surface area contributed by atoms with Crippen molar-refractivity contribution >= 4 is 0 Å². The fourth-order valence-electron chi connectivity index (χ4n) is 3.04. The lowest BCUT2D eigenvalue weighted by Crippen LogP contribution is -2.30. The van der Waals surface area contributed by atoms with Crippen LogP contribution in [0.25, 0.3) is 0 Å². The molecule has 1 aliphatic rings.